The first kappa shape index (κ1) is 19.3. The molecule has 1 aromatic heterocycles. The van der Waals surface area contributed by atoms with Crippen molar-refractivity contribution in [3.05, 3.63) is 60.4 Å². The van der Waals surface area contributed by atoms with Gasteiger partial charge in [0.1, 0.15) is 17.8 Å². The highest BCUT2D eigenvalue weighted by Gasteiger charge is 2.30. The smallest absolute Gasteiger partial charge is 0.416 e. The minimum atomic E-state index is -4.44. The molecule has 4 N–H and O–H groups in total. The molecule has 0 saturated heterocycles. The third kappa shape index (κ3) is 4.61. The van der Waals surface area contributed by atoms with E-state index in [9.17, 15) is 13.2 Å². The number of alkyl halides is 3. The number of nitrogen functional groups attached to an aromatic ring is 1. The van der Waals surface area contributed by atoms with Crippen molar-refractivity contribution in [2.45, 2.75) is 13.1 Å². The van der Waals surface area contributed by atoms with E-state index in [0.717, 1.165) is 23.6 Å². The molecule has 0 aliphatic heterocycles. The predicted octanol–water partition coefficient (Wildman–Crippen LogP) is 4.96. The van der Waals surface area contributed by atoms with Gasteiger partial charge in [0, 0.05) is 11.4 Å². The van der Waals surface area contributed by atoms with Crippen LogP contribution >= 0.6 is 0 Å². The van der Waals surface area contributed by atoms with E-state index in [0.29, 0.717) is 12.4 Å². The Hall–Kier alpha value is -3.49. The number of hydrogen-bond donors (Lipinski definition) is 3. The zero-order valence-corrected chi connectivity index (χ0v) is 14.9. The number of benzene rings is 2. The third-order valence-corrected chi connectivity index (χ3v) is 3.76. The van der Waals surface area contributed by atoms with Gasteiger partial charge in [-0.05, 0) is 49.4 Å². The SMILES string of the molecule is CCOc1ccc(Nc2ncnc(Nc3cccc(C(F)(F)F)c3)c2N)cc1. The monoisotopic (exact) mass is 389 g/mol. The van der Waals surface area contributed by atoms with Crippen molar-refractivity contribution in [3.8, 4) is 5.75 Å². The Morgan fingerprint density at radius 3 is 2.21 bits per heavy atom. The van der Waals surface area contributed by atoms with Crippen LogP contribution in [0, 0.1) is 0 Å². The number of halogens is 3. The van der Waals surface area contributed by atoms with Crippen molar-refractivity contribution in [2.24, 2.45) is 0 Å². The number of hydrogen-bond acceptors (Lipinski definition) is 6. The van der Waals surface area contributed by atoms with Crippen LogP contribution in [-0.2, 0) is 6.18 Å². The molecule has 0 aliphatic rings. The molecule has 0 unspecified atom stereocenters. The average molecular weight is 389 g/mol. The Bertz CT molecular complexity index is 945. The van der Waals surface area contributed by atoms with Gasteiger partial charge in [-0.3, -0.25) is 0 Å². The average Bonchev–Trinajstić information content (AvgIpc) is 2.66. The standard InChI is InChI=1S/C19H18F3N5O/c1-2-28-15-8-6-13(7-9-15)26-17-16(23)18(25-11-24-17)27-14-5-3-4-12(10-14)19(20,21)22/h3-11H,2,23H2,1H3,(H2,24,25,26,27). The lowest BCUT2D eigenvalue weighted by atomic mass is 10.2. The maximum absolute atomic E-state index is 12.9. The first-order valence-electron chi connectivity index (χ1n) is 8.41. The number of nitrogens with one attached hydrogen (secondary N) is 2. The van der Waals surface area contributed by atoms with Gasteiger partial charge in [0.2, 0.25) is 0 Å². The van der Waals surface area contributed by atoms with E-state index in [4.69, 9.17) is 10.5 Å². The fourth-order valence-electron chi connectivity index (χ4n) is 2.44. The molecule has 0 amide bonds. The number of ether oxygens (including phenoxy) is 1. The van der Waals surface area contributed by atoms with Crippen LogP contribution in [0.1, 0.15) is 12.5 Å². The van der Waals surface area contributed by atoms with Crippen LogP contribution in [-0.4, -0.2) is 16.6 Å². The van der Waals surface area contributed by atoms with Crippen molar-refractivity contribution >= 4 is 28.7 Å². The summed E-state index contributed by atoms with van der Waals surface area (Å²) in [4.78, 5) is 8.11. The Kier molecular flexibility index (Phi) is 5.53. The molecule has 28 heavy (non-hydrogen) atoms. The molecule has 0 atom stereocenters. The Balaban J connectivity index is 1.79. The van der Waals surface area contributed by atoms with Crippen LogP contribution in [0.4, 0.5) is 41.9 Å². The summed E-state index contributed by atoms with van der Waals surface area (Å²) in [7, 11) is 0. The molecule has 0 bridgehead atoms. The maximum atomic E-state index is 12.9. The van der Waals surface area contributed by atoms with Crippen molar-refractivity contribution in [2.75, 3.05) is 23.0 Å². The van der Waals surface area contributed by atoms with E-state index >= 15 is 0 Å². The predicted molar refractivity (Wildman–Crippen MR) is 102 cm³/mol. The molecule has 146 valence electrons. The summed E-state index contributed by atoms with van der Waals surface area (Å²) in [5.74, 6) is 1.26. The van der Waals surface area contributed by atoms with Crippen molar-refractivity contribution in [1.29, 1.82) is 0 Å². The summed E-state index contributed by atoms with van der Waals surface area (Å²) in [6, 6.07) is 12.0. The lowest BCUT2D eigenvalue weighted by Gasteiger charge is -2.14. The van der Waals surface area contributed by atoms with E-state index < -0.39 is 11.7 Å². The molecule has 6 nitrogen and oxygen atoms in total. The van der Waals surface area contributed by atoms with Gasteiger partial charge in [-0.25, -0.2) is 9.97 Å². The highest BCUT2D eigenvalue weighted by Crippen LogP contribution is 2.33. The second-order valence-electron chi connectivity index (χ2n) is 5.77. The van der Waals surface area contributed by atoms with Crippen LogP contribution in [0.3, 0.4) is 0 Å². The van der Waals surface area contributed by atoms with E-state index in [1.165, 1.54) is 18.5 Å². The molecule has 0 saturated carbocycles. The molecule has 1 heterocycles. The van der Waals surface area contributed by atoms with E-state index in [1.54, 1.807) is 24.3 Å². The van der Waals surface area contributed by atoms with Gasteiger partial charge in [0.25, 0.3) is 0 Å². The number of nitrogens with zero attached hydrogens (tertiary/aromatic N) is 2. The number of anilines is 5. The molecule has 2 aromatic carbocycles. The molecule has 3 aromatic rings. The fraction of sp³-hybridized carbons (Fsp3) is 0.158. The second-order valence-corrected chi connectivity index (χ2v) is 5.77. The topological polar surface area (TPSA) is 85.1 Å². The van der Waals surface area contributed by atoms with Gasteiger partial charge < -0.3 is 21.1 Å². The summed E-state index contributed by atoms with van der Waals surface area (Å²) < 4.78 is 44.0. The fourth-order valence-corrected chi connectivity index (χ4v) is 2.44. The van der Waals surface area contributed by atoms with Gasteiger partial charge in [0.05, 0.1) is 12.2 Å². The molecule has 9 heteroatoms. The third-order valence-electron chi connectivity index (χ3n) is 3.76. The first-order chi connectivity index (χ1) is 13.4. The van der Waals surface area contributed by atoms with Gasteiger partial charge >= 0.3 is 6.18 Å². The van der Waals surface area contributed by atoms with Crippen molar-refractivity contribution in [1.82, 2.24) is 9.97 Å². The summed E-state index contributed by atoms with van der Waals surface area (Å²) in [6.07, 6.45) is -3.17. The van der Waals surface area contributed by atoms with Crippen LogP contribution in [0.5, 0.6) is 5.75 Å². The summed E-state index contributed by atoms with van der Waals surface area (Å²) in [6.45, 7) is 2.46. The molecular weight excluding hydrogens is 371 g/mol. The molecule has 0 radical (unpaired) electrons. The lowest BCUT2D eigenvalue weighted by molar-refractivity contribution is -0.137. The largest absolute Gasteiger partial charge is 0.494 e. The summed E-state index contributed by atoms with van der Waals surface area (Å²) in [5, 5.41) is 5.85. The van der Waals surface area contributed by atoms with Crippen LogP contribution < -0.4 is 21.1 Å². The number of aromatic nitrogens is 2. The van der Waals surface area contributed by atoms with Crippen LogP contribution in [0.2, 0.25) is 0 Å². The second kappa shape index (κ2) is 8.03. The minimum absolute atomic E-state index is 0.175. The van der Waals surface area contributed by atoms with Gasteiger partial charge in [-0.2, -0.15) is 13.2 Å². The highest BCUT2D eigenvalue weighted by atomic mass is 19.4. The molecule has 0 spiro atoms. The van der Waals surface area contributed by atoms with E-state index in [-0.39, 0.29) is 17.2 Å². The van der Waals surface area contributed by atoms with Crippen LogP contribution in [0.15, 0.2) is 54.9 Å². The zero-order valence-electron chi connectivity index (χ0n) is 14.9. The highest BCUT2D eigenvalue weighted by molar-refractivity contribution is 5.80. The van der Waals surface area contributed by atoms with Crippen LogP contribution in [0.25, 0.3) is 0 Å². The van der Waals surface area contributed by atoms with Crippen molar-refractivity contribution in [3.63, 3.8) is 0 Å². The number of nitrogens with two attached hydrogens (primary N) is 1. The van der Waals surface area contributed by atoms with E-state index in [2.05, 4.69) is 20.6 Å². The lowest BCUT2D eigenvalue weighted by Crippen LogP contribution is -2.07. The Morgan fingerprint density at radius 2 is 1.61 bits per heavy atom. The molecule has 3 rings (SSSR count). The molecular formula is C19H18F3N5O. The minimum Gasteiger partial charge on any atom is -0.494 e. The van der Waals surface area contributed by atoms with Gasteiger partial charge in [-0.1, -0.05) is 6.07 Å². The zero-order chi connectivity index (χ0) is 20.1. The number of rotatable bonds is 6. The summed E-state index contributed by atoms with van der Waals surface area (Å²) >= 11 is 0. The molecule has 0 fully saturated rings. The van der Waals surface area contributed by atoms with Crippen molar-refractivity contribution < 1.29 is 17.9 Å². The first-order valence-corrected chi connectivity index (χ1v) is 8.41. The maximum Gasteiger partial charge on any atom is 0.416 e. The summed E-state index contributed by atoms with van der Waals surface area (Å²) in [5.41, 5.74) is 6.43. The van der Waals surface area contributed by atoms with Gasteiger partial charge in [0.15, 0.2) is 11.6 Å². The van der Waals surface area contributed by atoms with E-state index in [1.807, 2.05) is 6.92 Å². The normalized spacial score (nSPS) is 11.1. The Morgan fingerprint density at radius 1 is 0.964 bits per heavy atom. The Labute approximate surface area is 159 Å². The van der Waals surface area contributed by atoms with Gasteiger partial charge in [-0.15, -0.1) is 0 Å². The quantitative estimate of drug-likeness (QED) is 0.552. The molecule has 0 aliphatic carbocycles.